The van der Waals surface area contributed by atoms with Crippen LogP contribution in [-0.4, -0.2) is 22.3 Å². The number of phenolic OH excluding ortho intramolecular Hbond substituents is 1. The van der Waals surface area contributed by atoms with Crippen LogP contribution in [0.25, 0.3) is 0 Å². The SMILES string of the molecule is C[C@H](O)[C@@H]1OC(=O)c2c(O)cccc21. The zero-order chi connectivity index (χ0) is 10.3. The predicted octanol–water partition coefficient (Wildman–Crippen LogP) is 0.984. The molecule has 0 bridgehead atoms. The summed E-state index contributed by atoms with van der Waals surface area (Å²) in [6, 6.07) is 4.70. The molecule has 0 aromatic heterocycles. The standard InChI is InChI=1S/C10H10O4/c1-5(11)9-6-3-2-4-7(12)8(6)10(13)14-9/h2-5,9,11-12H,1H3/t5-,9-/m0/s1. The molecule has 1 aliphatic rings. The minimum absolute atomic E-state index is 0.101. The number of hydrogen-bond acceptors (Lipinski definition) is 4. The van der Waals surface area contributed by atoms with E-state index in [0.717, 1.165) is 0 Å². The molecule has 0 amide bonds. The number of aromatic hydroxyl groups is 1. The quantitative estimate of drug-likeness (QED) is 0.654. The number of phenols is 1. The van der Waals surface area contributed by atoms with Crippen LogP contribution in [0, 0.1) is 0 Å². The summed E-state index contributed by atoms with van der Waals surface area (Å²) < 4.78 is 4.93. The highest BCUT2D eigenvalue weighted by atomic mass is 16.6. The lowest BCUT2D eigenvalue weighted by Gasteiger charge is -2.12. The molecule has 0 saturated carbocycles. The van der Waals surface area contributed by atoms with Gasteiger partial charge in [-0.15, -0.1) is 0 Å². The van der Waals surface area contributed by atoms with E-state index in [0.29, 0.717) is 5.56 Å². The minimum Gasteiger partial charge on any atom is -0.507 e. The fourth-order valence-electron chi connectivity index (χ4n) is 1.61. The number of aliphatic hydroxyl groups is 1. The molecule has 4 heteroatoms. The molecule has 1 aromatic carbocycles. The number of cyclic esters (lactones) is 1. The van der Waals surface area contributed by atoms with Crippen molar-refractivity contribution in [2.75, 3.05) is 0 Å². The number of aliphatic hydroxyl groups excluding tert-OH is 1. The lowest BCUT2D eigenvalue weighted by molar-refractivity contribution is -0.00278. The van der Waals surface area contributed by atoms with Gasteiger partial charge in [-0.05, 0) is 13.0 Å². The first-order valence-electron chi connectivity index (χ1n) is 4.32. The number of hydrogen-bond donors (Lipinski definition) is 2. The average molecular weight is 194 g/mol. The Kier molecular flexibility index (Phi) is 1.93. The van der Waals surface area contributed by atoms with Crippen LogP contribution in [0.3, 0.4) is 0 Å². The zero-order valence-corrected chi connectivity index (χ0v) is 7.60. The summed E-state index contributed by atoms with van der Waals surface area (Å²) in [5, 5.41) is 18.8. The number of ether oxygens (including phenoxy) is 1. The predicted molar refractivity (Wildman–Crippen MR) is 47.9 cm³/mol. The van der Waals surface area contributed by atoms with Gasteiger partial charge in [-0.1, -0.05) is 12.1 Å². The fraction of sp³-hybridized carbons (Fsp3) is 0.300. The van der Waals surface area contributed by atoms with Gasteiger partial charge in [-0.25, -0.2) is 4.79 Å². The van der Waals surface area contributed by atoms with Gasteiger partial charge in [0.2, 0.25) is 0 Å². The second-order valence-corrected chi connectivity index (χ2v) is 3.31. The number of rotatable bonds is 1. The molecule has 1 heterocycles. The summed E-state index contributed by atoms with van der Waals surface area (Å²) in [5.74, 6) is -0.681. The Morgan fingerprint density at radius 2 is 2.21 bits per heavy atom. The van der Waals surface area contributed by atoms with E-state index in [-0.39, 0.29) is 11.3 Å². The molecular formula is C10H10O4. The summed E-state index contributed by atoms with van der Waals surface area (Å²) >= 11 is 0. The van der Waals surface area contributed by atoms with Gasteiger partial charge in [0.05, 0.1) is 6.10 Å². The molecule has 0 aliphatic carbocycles. The first-order chi connectivity index (χ1) is 6.61. The molecule has 0 fully saturated rings. The van der Waals surface area contributed by atoms with E-state index < -0.39 is 18.2 Å². The maximum Gasteiger partial charge on any atom is 0.343 e. The summed E-state index contributed by atoms with van der Waals surface area (Å²) in [6.07, 6.45) is -1.44. The van der Waals surface area contributed by atoms with Crippen LogP contribution in [0.5, 0.6) is 5.75 Å². The van der Waals surface area contributed by atoms with Crippen molar-refractivity contribution in [1.82, 2.24) is 0 Å². The van der Waals surface area contributed by atoms with Crippen molar-refractivity contribution in [3.05, 3.63) is 29.3 Å². The second-order valence-electron chi connectivity index (χ2n) is 3.31. The van der Waals surface area contributed by atoms with Crippen molar-refractivity contribution in [2.24, 2.45) is 0 Å². The largest absolute Gasteiger partial charge is 0.507 e. The Balaban J connectivity index is 2.55. The average Bonchev–Trinajstić information content (AvgIpc) is 2.45. The van der Waals surface area contributed by atoms with E-state index in [1.807, 2.05) is 0 Å². The van der Waals surface area contributed by atoms with Crippen LogP contribution >= 0.6 is 0 Å². The lowest BCUT2D eigenvalue weighted by Crippen LogP contribution is -2.14. The highest BCUT2D eigenvalue weighted by molar-refractivity contribution is 5.96. The van der Waals surface area contributed by atoms with Crippen molar-refractivity contribution < 1.29 is 19.7 Å². The van der Waals surface area contributed by atoms with Gasteiger partial charge in [0.15, 0.2) is 6.10 Å². The maximum atomic E-state index is 11.3. The molecule has 1 aliphatic heterocycles. The van der Waals surface area contributed by atoms with Gasteiger partial charge in [-0.3, -0.25) is 0 Å². The third-order valence-corrected chi connectivity index (χ3v) is 2.26. The van der Waals surface area contributed by atoms with Crippen molar-refractivity contribution >= 4 is 5.97 Å². The van der Waals surface area contributed by atoms with Gasteiger partial charge in [0, 0.05) is 5.56 Å². The molecule has 0 saturated heterocycles. The third-order valence-electron chi connectivity index (χ3n) is 2.26. The van der Waals surface area contributed by atoms with Crippen LogP contribution in [0.15, 0.2) is 18.2 Å². The Hall–Kier alpha value is -1.55. The molecule has 74 valence electrons. The first kappa shape index (κ1) is 9.02. The van der Waals surface area contributed by atoms with Gasteiger partial charge < -0.3 is 14.9 Å². The number of esters is 1. The number of carbonyl (C=O) groups excluding carboxylic acids is 1. The Labute approximate surface area is 80.7 Å². The topological polar surface area (TPSA) is 66.8 Å². The van der Waals surface area contributed by atoms with E-state index in [2.05, 4.69) is 0 Å². The molecule has 2 atom stereocenters. The second kappa shape index (κ2) is 2.99. The molecular weight excluding hydrogens is 184 g/mol. The van der Waals surface area contributed by atoms with E-state index in [1.165, 1.54) is 13.0 Å². The zero-order valence-electron chi connectivity index (χ0n) is 7.60. The molecule has 1 aromatic rings. The molecule has 0 spiro atoms. The van der Waals surface area contributed by atoms with Crippen molar-refractivity contribution in [2.45, 2.75) is 19.1 Å². The Bertz CT molecular complexity index is 384. The maximum absolute atomic E-state index is 11.3. The van der Waals surface area contributed by atoms with Gasteiger partial charge >= 0.3 is 5.97 Å². The smallest absolute Gasteiger partial charge is 0.343 e. The highest BCUT2D eigenvalue weighted by Gasteiger charge is 2.35. The van der Waals surface area contributed by atoms with Crippen LogP contribution < -0.4 is 0 Å². The van der Waals surface area contributed by atoms with Gasteiger partial charge in [0.1, 0.15) is 11.3 Å². The van der Waals surface area contributed by atoms with E-state index in [4.69, 9.17) is 4.74 Å². The van der Waals surface area contributed by atoms with E-state index in [1.54, 1.807) is 12.1 Å². The summed E-state index contributed by atoms with van der Waals surface area (Å²) in [5.41, 5.74) is 0.711. The van der Waals surface area contributed by atoms with E-state index >= 15 is 0 Å². The van der Waals surface area contributed by atoms with Crippen molar-refractivity contribution in [3.63, 3.8) is 0 Å². The molecule has 2 rings (SSSR count). The van der Waals surface area contributed by atoms with Crippen molar-refractivity contribution in [3.8, 4) is 5.75 Å². The normalized spacial score (nSPS) is 21.6. The molecule has 0 radical (unpaired) electrons. The van der Waals surface area contributed by atoms with Crippen LogP contribution in [0.1, 0.15) is 28.9 Å². The molecule has 2 N–H and O–H groups in total. The highest BCUT2D eigenvalue weighted by Crippen LogP contribution is 2.37. The number of carbonyl (C=O) groups is 1. The summed E-state index contributed by atoms with van der Waals surface area (Å²) in [4.78, 5) is 11.3. The monoisotopic (exact) mass is 194 g/mol. The Morgan fingerprint density at radius 1 is 1.50 bits per heavy atom. The van der Waals surface area contributed by atoms with Gasteiger partial charge in [0.25, 0.3) is 0 Å². The van der Waals surface area contributed by atoms with Crippen LogP contribution in [0.4, 0.5) is 0 Å². The molecule has 14 heavy (non-hydrogen) atoms. The summed E-state index contributed by atoms with van der Waals surface area (Å²) in [7, 11) is 0. The molecule has 0 unspecified atom stereocenters. The van der Waals surface area contributed by atoms with Gasteiger partial charge in [-0.2, -0.15) is 0 Å². The summed E-state index contributed by atoms with van der Waals surface area (Å²) in [6.45, 7) is 1.54. The molecule has 4 nitrogen and oxygen atoms in total. The first-order valence-corrected chi connectivity index (χ1v) is 4.32. The number of fused-ring (bicyclic) bond motifs is 1. The third kappa shape index (κ3) is 1.15. The van der Waals surface area contributed by atoms with Crippen LogP contribution in [0.2, 0.25) is 0 Å². The van der Waals surface area contributed by atoms with Crippen LogP contribution in [-0.2, 0) is 4.74 Å². The van der Waals surface area contributed by atoms with E-state index in [9.17, 15) is 15.0 Å². The Morgan fingerprint density at radius 3 is 2.86 bits per heavy atom. The fourth-order valence-corrected chi connectivity index (χ4v) is 1.61. The lowest BCUT2D eigenvalue weighted by atomic mass is 10.0. The number of benzene rings is 1. The van der Waals surface area contributed by atoms with Crippen molar-refractivity contribution in [1.29, 1.82) is 0 Å². The minimum atomic E-state index is -0.776.